The van der Waals surface area contributed by atoms with Crippen LogP contribution in [0.3, 0.4) is 0 Å². The summed E-state index contributed by atoms with van der Waals surface area (Å²) in [6, 6.07) is 27.5. The molecule has 37 heavy (non-hydrogen) atoms. The van der Waals surface area contributed by atoms with Gasteiger partial charge in [0.05, 0.1) is 12.3 Å². The molecule has 7 nitrogen and oxygen atoms in total. The van der Waals surface area contributed by atoms with Crippen LogP contribution in [-0.2, 0) is 11.4 Å². The summed E-state index contributed by atoms with van der Waals surface area (Å²) in [5.41, 5.74) is 3.57. The Morgan fingerprint density at radius 2 is 1.65 bits per heavy atom. The van der Waals surface area contributed by atoms with E-state index in [1.807, 2.05) is 84.9 Å². The van der Waals surface area contributed by atoms with Crippen molar-refractivity contribution in [1.82, 2.24) is 15.0 Å². The van der Waals surface area contributed by atoms with E-state index < -0.39 is 5.97 Å². The van der Waals surface area contributed by atoms with Gasteiger partial charge >= 0.3 is 5.97 Å². The van der Waals surface area contributed by atoms with Crippen LogP contribution in [0.5, 0.6) is 11.6 Å². The van der Waals surface area contributed by atoms with Gasteiger partial charge in [-0.25, -0.2) is 4.98 Å². The molecule has 0 amide bonds. The fraction of sp³-hybridized carbons (Fsp3) is 0.133. The number of aromatic nitrogens is 3. The molecule has 7 heteroatoms. The molecule has 0 fully saturated rings. The molecule has 2 aromatic heterocycles. The molecule has 5 aromatic rings. The van der Waals surface area contributed by atoms with Gasteiger partial charge in [0, 0.05) is 41.6 Å². The second-order valence-corrected chi connectivity index (χ2v) is 8.50. The SMILES string of the molecule is O=C(O)CCCOc1ccc2cc(-c3nc(OCc4cccnc4)cc(-c4ccccc4)n3)ccc2c1. The van der Waals surface area contributed by atoms with Crippen molar-refractivity contribution in [3.63, 3.8) is 0 Å². The van der Waals surface area contributed by atoms with E-state index in [2.05, 4.69) is 4.98 Å². The molecular formula is C30H25N3O4. The van der Waals surface area contributed by atoms with E-state index in [1.54, 1.807) is 12.4 Å². The summed E-state index contributed by atoms with van der Waals surface area (Å²) in [4.78, 5) is 24.4. The number of rotatable bonds is 10. The third-order valence-electron chi connectivity index (χ3n) is 5.76. The van der Waals surface area contributed by atoms with Crippen LogP contribution in [0.25, 0.3) is 33.4 Å². The predicted molar refractivity (Wildman–Crippen MR) is 141 cm³/mol. The molecule has 0 unspecified atom stereocenters. The summed E-state index contributed by atoms with van der Waals surface area (Å²) in [6.07, 6.45) is 4.06. The van der Waals surface area contributed by atoms with Gasteiger partial charge in [0.25, 0.3) is 0 Å². The van der Waals surface area contributed by atoms with E-state index in [4.69, 9.17) is 24.5 Å². The number of pyridine rings is 1. The summed E-state index contributed by atoms with van der Waals surface area (Å²) in [5.74, 6) is 0.939. The summed E-state index contributed by atoms with van der Waals surface area (Å²) < 4.78 is 11.8. The van der Waals surface area contributed by atoms with Gasteiger partial charge < -0.3 is 14.6 Å². The summed E-state index contributed by atoms with van der Waals surface area (Å²) in [7, 11) is 0. The minimum Gasteiger partial charge on any atom is -0.494 e. The topological polar surface area (TPSA) is 94.4 Å². The molecule has 184 valence electrons. The molecule has 3 aromatic carbocycles. The normalized spacial score (nSPS) is 10.8. The lowest BCUT2D eigenvalue weighted by atomic mass is 10.1. The van der Waals surface area contributed by atoms with Gasteiger partial charge in [0.15, 0.2) is 5.82 Å². The molecule has 0 bridgehead atoms. The van der Waals surface area contributed by atoms with Gasteiger partial charge in [-0.2, -0.15) is 4.98 Å². The van der Waals surface area contributed by atoms with Crippen LogP contribution in [0, 0.1) is 0 Å². The molecule has 0 radical (unpaired) electrons. The maximum Gasteiger partial charge on any atom is 0.303 e. The molecule has 0 spiro atoms. The van der Waals surface area contributed by atoms with Crippen molar-refractivity contribution in [3.05, 3.63) is 103 Å². The lowest BCUT2D eigenvalue weighted by Gasteiger charge is -2.11. The quantitative estimate of drug-likeness (QED) is 0.233. The second-order valence-electron chi connectivity index (χ2n) is 8.50. The van der Waals surface area contributed by atoms with Gasteiger partial charge in [0.1, 0.15) is 12.4 Å². The Kier molecular flexibility index (Phi) is 7.31. The fourth-order valence-electron chi connectivity index (χ4n) is 3.89. The first kappa shape index (κ1) is 23.9. The van der Waals surface area contributed by atoms with Gasteiger partial charge in [0.2, 0.25) is 5.88 Å². The smallest absolute Gasteiger partial charge is 0.303 e. The molecule has 0 atom stereocenters. The van der Waals surface area contributed by atoms with E-state index in [0.29, 0.717) is 37.1 Å². The Morgan fingerprint density at radius 3 is 2.46 bits per heavy atom. The van der Waals surface area contributed by atoms with Gasteiger partial charge in [-0.05, 0) is 41.5 Å². The zero-order chi connectivity index (χ0) is 25.5. The minimum atomic E-state index is -0.821. The molecule has 0 saturated heterocycles. The number of benzene rings is 3. The Balaban J connectivity index is 1.42. The molecule has 2 heterocycles. The molecule has 0 aliphatic rings. The van der Waals surface area contributed by atoms with Crippen molar-refractivity contribution in [1.29, 1.82) is 0 Å². The first-order valence-corrected chi connectivity index (χ1v) is 12.0. The van der Waals surface area contributed by atoms with Crippen LogP contribution in [0.1, 0.15) is 18.4 Å². The van der Waals surface area contributed by atoms with Gasteiger partial charge in [-0.15, -0.1) is 0 Å². The number of hydrogen-bond acceptors (Lipinski definition) is 6. The van der Waals surface area contributed by atoms with Crippen LogP contribution >= 0.6 is 0 Å². The Hall–Kier alpha value is -4.78. The van der Waals surface area contributed by atoms with E-state index in [0.717, 1.165) is 33.2 Å². The third kappa shape index (κ3) is 6.27. The predicted octanol–water partition coefficient (Wildman–Crippen LogP) is 6.18. The second kappa shape index (κ2) is 11.3. The molecule has 0 saturated carbocycles. The van der Waals surface area contributed by atoms with Crippen molar-refractivity contribution >= 4 is 16.7 Å². The highest BCUT2D eigenvalue weighted by Crippen LogP contribution is 2.29. The van der Waals surface area contributed by atoms with Crippen molar-refractivity contribution in [2.24, 2.45) is 0 Å². The highest BCUT2D eigenvalue weighted by Gasteiger charge is 2.11. The van der Waals surface area contributed by atoms with Crippen molar-refractivity contribution in [3.8, 4) is 34.3 Å². The maximum absolute atomic E-state index is 10.7. The molecule has 1 N–H and O–H groups in total. The number of carboxylic acids is 1. The number of carboxylic acid groups (broad SMARTS) is 1. The number of fused-ring (bicyclic) bond motifs is 1. The first-order chi connectivity index (χ1) is 18.1. The zero-order valence-electron chi connectivity index (χ0n) is 20.1. The molecule has 0 aliphatic carbocycles. The number of aliphatic carboxylic acids is 1. The summed E-state index contributed by atoms with van der Waals surface area (Å²) in [5, 5.41) is 10.8. The van der Waals surface area contributed by atoms with Gasteiger partial charge in [-0.1, -0.05) is 54.6 Å². The first-order valence-electron chi connectivity index (χ1n) is 12.0. The Morgan fingerprint density at radius 1 is 0.811 bits per heavy atom. The third-order valence-corrected chi connectivity index (χ3v) is 5.76. The zero-order valence-corrected chi connectivity index (χ0v) is 20.1. The largest absolute Gasteiger partial charge is 0.494 e. The van der Waals surface area contributed by atoms with Crippen molar-refractivity contribution in [2.75, 3.05) is 6.61 Å². The van der Waals surface area contributed by atoms with E-state index in [9.17, 15) is 4.79 Å². The maximum atomic E-state index is 10.7. The minimum absolute atomic E-state index is 0.0902. The number of nitrogens with zero attached hydrogens (tertiary/aromatic N) is 3. The van der Waals surface area contributed by atoms with Crippen LogP contribution in [-0.4, -0.2) is 32.6 Å². The van der Waals surface area contributed by atoms with Crippen LogP contribution < -0.4 is 9.47 Å². The average molecular weight is 492 g/mol. The van der Waals surface area contributed by atoms with Crippen LogP contribution in [0.15, 0.2) is 97.3 Å². The summed E-state index contributed by atoms with van der Waals surface area (Å²) in [6.45, 7) is 0.712. The lowest BCUT2D eigenvalue weighted by molar-refractivity contribution is -0.137. The molecule has 0 aliphatic heterocycles. The number of ether oxygens (including phenoxy) is 2. The standard InChI is InChI=1S/C30H25N3O4/c34-29(35)9-5-15-36-26-13-12-23-16-25(11-10-24(23)17-26)30-32-27(22-7-2-1-3-8-22)18-28(33-30)37-20-21-6-4-14-31-19-21/h1-4,6-8,10-14,16-19H,5,9,15,20H2,(H,34,35). The van der Waals surface area contributed by atoms with Crippen molar-refractivity contribution in [2.45, 2.75) is 19.4 Å². The number of hydrogen-bond donors (Lipinski definition) is 1. The van der Waals surface area contributed by atoms with E-state index >= 15 is 0 Å². The fourth-order valence-corrected chi connectivity index (χ4v) is 3.89. The van der Waals surface area contributed by atoms with E-state index in [1.165, 1.54) is 0 Å². The molecule has 5 rings (SSSR count). The monoisotopic (exact) mass is 491 g/mol. The van der Waals surface area contributed by atoms with Crippen LogP contribution in [0.2, 0.25) is 0 Å². The number of carbonyl (C=O) groups is 1. The van der Waals surface area contributed by atoms with Gasteiger partial charge in [-0.3, -0.25) is 9.78 Å². The Labute approximate surface area is 214 Å². The van der Waals surface area contributed by atoms with Crippen molar-refractivity contribution < 1.29 is 19.4 Å². The highest BCUT2D eigenvalue weighted by molar-refractivity contribution is 5.87. The lowest BCUT2D eigenvalue weighted by Crippen LogP contribution is -2.02. The Bertz CT molecular complexity index is 1510. The van der Waals surface area contributed by atoms with Crippen LogP contribution in [0.4, 0.5) is 0 Å². The van der Waals surface area contributed by atoms with E-state index in [-0.39, 0.29) is 6.42 Å². The average Bonchev–Trinajstić information content (AvgIpc) is 2.94. The highest BCUT2D eigenvalue weighted by atomic mass is 16.5. The summed E-state index contributed by atoms with van der Waals surface area (Å²) >= 11 is 0. The molecular weight excluding hydrogens is 466 g/mol.